The maximum absolute atomic E-state index is 11.3. The molecule has 2 heterocycles. The van der Waals surface area contributed by atoms with Crippen molar-refractivity contribution in [3.05, 3.63) is 68.8 Å². The minimum absolute atomic E-state index is 0.0982. The van der Waals surface area contributed by atoms with Gasteiger partial charge < -0.3 is 9.47 Å². The normalized spacial score (nSPS) is 17.8. The number of hydrogen-bond acceptors (Lipinski definition) is 6. The summed E-state index contributed by atoms with van der Waals surface area (Å²) in [4.78, 5) is 15.7. The molecular formula is C21H25N3O4. The number of fused-ring (bicyclic) bond motifs is 1. The molecule has 4 rings (SSSR count). The highest BCUT2D eigenvalue weighted by atomic mass is 16.7. The lowest BCUT2D eigenvalue weighted by molar-refractivity contribution is -0.385. The average Bonchev–Trinajstić information content (AvgIpc) is 2.71. The van der Waals surface area contributed by atoms with Crippen LogP contribution in [-0.4, -0.2) is 47.7 Å². The van der Waals surface area contributed by atoms with E-state index in [-0.39, 0.29) is 17.4 Å². The van der Waals surface area contributed by atoms with Gasteiger partial charge in [-0.2, -0.15) is 0 Å². The van der Waals surface area contributed by atoms with Crippen molar-refractivity contribution < 1.29 is 14.4 Å². The third-order valence-electron chi connectivity index (χ3n) is 5.50. The summed E-state index contributed by atoms with van der Waals surface area (Å²) >= 11 is 0. The van der Waals surface area contributed by atoms with Gasteiger partial charge in [0.25, 0.3) is 5.69 Å². The topological polar surface area (TPSA) is 68.1 Å². The molecule has 0 amide bonds. The van der Waals surface area contributed by atoms with E-state index >= 15 is 0 Å². The van der Waals surface area contributed by atoms with Crippen LogP contribution in [-0.2, 0) is 24.4 Å². The van der Waals surface area contributed by atoms with E-state index < -0.39 is 0 Å². The fourth-order valence-corrected chi connectivity index (χ4v) is 3.88. The molecule has 0 unspecified atom stereocenters. The van der Waals surface area contributed by atoms with E-state index in [0.717, 1.165) is 49.6 Å². The van der Waals surface area contributed by atoms with Gasteiger partial charge in [-0.1, -0.05) is 24.3 Å². The van der Waals surface area contributed by atoms with Gasteiger partial charge in [-0.25, -0.2) is 0 Å². The predicted molar refractivity (Wildman–Crippen MR) is 105 cm³/mol. The number of aryl methyl sites for hydroxylation is 1. The number of benzene rings is 2. The summed E-state index contributed by atoms with van der Waals surface area (Å²) in [6.45, 7) is 8.15. The summed E-state index contributed by atoms with van der Waals surface area (Å²) in [5.41, 5.74) is 4.43. The van der Waals surface area contributed by atoms with Gasteiger partial charge in [-0.3, -0.25) is 19.9 Å². The molecule has 0 saturated carbocycles. The first kappa shape index (κ1) is 18.9. The Morgan fingerprint density at radius 1 is 1.04 bits per heavy atom. The molecule has 0 spiro atoms. The summed E-state index contributed by atoms with van der Waals surface area (Å²) in [7, 11) is 0. The molecule has 0 atom stereocenters. The van der Waals surface area contributed by atoms with Crippen LogP contribution in [0.15, 0.2) is 36.4 Å². The first-order chi connectivity index (χ1) is 13.6. The van der Waals surface area contributed by atoms with Gasteiger partial charge in [-0.05, 0) is 18.1 Å². The zero-order chi connectivity index (χ0) is 19.5. The van der Waals surface area contributed by atoms with Crippen LogP contribution < -0.4 is 4.74 Å². The Hall–Kier alpha value is -2.48. The summed E-state index contributed by atoms with van der Waals surface area (Å²) in [5, 5.41) is 11.3. The highest BCUT2D eigenvalue weighted by Crippen LogP contribution is 2.33. The second-order valence-electron chi connectivity index (χ2n) is 7.44. The first-order valence-corrected chi connectivity index (χ1v) is 9.60. The summed E-state index contributed by atoms with van der Waals surface area (Å²) in [5.74, 6) is 0.749. The molecule has 0 aromatic heterocycles. The van der Waals surface area contributed by atoms with E-state index in [4.69, 9.17) is 9.47 Å². The zero-order valence-electron chi connectivity index (χ0n) is 16.1. The SMILES string of the molecule is Cc1ccccc1CN1CCN(Cc2cc([N+](=O)[O-])cc3c2OCOC3)CC1. The molecule has 7 nitrogen and oxygen atoms in total. The van der Waals surface area contributed by atoms with Crippen molar-refractivity contribution in [3.63, 3.8) is 0 Å². The highest BCUT2D eigenvalue weighted by Gasteiger charge is 2.24. The van der Waals surface area contributed by atoms with Gasteiger partial charge >= 0.3 is 0 Å². The number of nitro groups is 1. The lowest BCUT2D eigenvalue weighted by atomic mass is 10.1. The van der Waals surface area contributed by atoms with Crippen LogP contribution in [0, 0.1) is 17.0 Å². The number of ether oxygens (including phenoxy) is 2. The van der Waals surface area contributed by atoms with Crippen LogP contribution in [0.4, 0.5) is 5.69 Å². The zero-order valence-corrected chi connectivity index (χ0v) is 16.1. The van der Waals surface area contributed by atoms with Crippen molar-refractivity contribution in [2.45, 2.75) is 26.6 Å². The standard InChI is InChI=1S/C21H25N3O4/c1-16-4-2-3-5-17(16)12-22-6-8-23(9-7-22)13-18-10-20(24(25)26)11-19-14-27-15-28-21(18)19/h2-5,10-11H,6-9,12-15H2,1H3. The molecule has 0 bridgehead atoms. The van der Waals surface area contributed by atoms with Gasteiger partial charge in [0.1, 0.15) is 5.75 Å². The molecule has 0 N–H and O–H groups in total. The summed E-state index contributed by atoms with van der Waals surface area (Å²) in [6, 6.07) is 11.7. The Morgan fingerprint density at radius 3 is 2.39 bits per heavy atom. The van der Waals surface area contributed by atoms with Crippen LogP contribution in [0.5, 0.6) is 5.75 Å². The highest BCUT2D eigenvalue weighted by molar-refractivity contribution is 5.50. The van der Waals surface area contributed by atoms with Gasteiger partial charge in [0.05, 0.1) is 11.5 Å². The van der Waals surface area contributed by atoms with Crippen molar-refractivity contribution in [2.75, 3.05) is 33.0 Å². The van der Waals surface area contributed by atoms with Crippen molar-refractivity contribution in [1.82, 2.24) is 9.80 Å². The molecule has 28 heavy (non-hydrogen) atoms. The van der Waals surface area contributed by atoms with E-state index in [1.165, 1.54) is 11.1 Å². The Balaban J connectivity index is 1.41. The summed E-state index contributed by atoms with van der Waals surface area (Å²) in [6.07, 6.45) is 0. The van der Waals surface area contributed by atoms with Gasteiger partial charge in [0.15, 0.2) is 6.79 Å². The van der Waals surface area contributed by atoms with Crippen LogP contribution >= 0.6 is 0 Å². The minimum Gasteiger partial charge on any atom is -0.467 e. The smallest absolute Gasteiger partial charge is 0.270 e. The largest absolute Gasteiger partial charge is 0.467 e. The Labute approximate surface area is 164 Å². The van der Waals surface area contributed by atoms with E-state index in [0.29, 0.717) is 13.2 Å². The van der Waals surface area contributed by atoms with Crippen molar-refractivity contribution in [3.8, 4) is 5.75 Å². The fraction of sp³-hybridized carbons (Fsp3) is 0.429. The van der Waals surface area contributed by atoms with Gasteiger partial charge in [-0.15, -0.1) is 0 Å². The van der Waals surface area contributed by atoms with Crippen LogP contribution in [0.25, 0.3) is 0 Å². The molecule has 7 heteroatoms. The van der Waals surface area contributed by atoms with E-state index in [1.807, 2.05) is 0 Å². The number of hydrogen-bond donors (Lipinski definition) is 0. The molecule has 2 aliphatic heterocycles. The molecular weight excluding hydrogens is 358 g/mol. The maximum atomic E-state index is 11.3. The molecule has 0 aliphatic carbocycles. The minimum atomic E-state index is -0.349. The molecule has 148 valence electrons. The number of non-ortho nitro benzene ring substituents is 1. The number of nitrogens with zero attached hydrogens (tertiary/aromatic N) is 3. The molecule has 1 fully saturated rings. The molecule has 1 saturated heterocycles. The lowest BCUT2D eigenvalue weighted by Gasteiger charge is -2.35. The maximum Gasteiger partial charge on any atom is 0.270 e. The number of rotatable bonds is 5. The molecule has 2 aliphatic rings. The Morgan fingerprint density at radius 2 is 1.71 bits per heavy atom. The number of piperazine rings is 1. The number of nitro benzene ring substituents is 1. The fourth-order valence-electron chi connectivity index (χ4n) is 3.88. The van der Waals surface area contributed by atoms with Crippen LogP contribution in [0.3, 0.4) is 0 Å². The van der Waals surface area contributed by atoms with E-state index in [1.54, 1.807) is 12.1 Å². The summed E-state index contributed by atoms with van der Waals surface area (Å²) < 4.78 is 11.0. The quantitative estimate of drug-likeness (QED) is 0.584. The monoisotopic (exact) mass is 383 g/mol. The van der Waals surface area contributed by atoms with Crippen molar-refractivity contribution in [1.29, 1.82) is 0 Å². The lowest BCUT2D eigenvalue weighted by Crippen LogP contribution is -2.45. The van der Waals surface area contributed by atoms with Gasteiger partial charge in [0, 0.05) is 62.5 Å². The Bertz CT molecular complexity index is 863. The van der Waals surface area contributed by atoms with Crippen molar-refractivity contribution in [2.24, 2.45) is 0 Å². The third kappa shape index (κ3) is 4.16. The van der Waals surface area contributed by atoms with E-state index in [9.17, 15) is 10.1 Å². The van der Waals surface area contributed by atoms with Crippen LogP contribution in [0.2, 0.25) is 0 Å². The second kappa shape index (κ2) is 8.26. The van der Waals surface area contributed by atoms with Crippen molar-refractivity contribution >= 4 is 5.69 Å². The predicted octanol–water partition coefficient (Wildman–Crippen LogP) is 3.09. The first-order valence-electron chi connectivity index (χ1n) is 9.60. The Kier molecular flexibility index (Phi) is 5.57. The average molecular weight is 383 g/mol. The second-order valence-corrected chi connectivity index (χ2v) is 7.44. The van der Waals surface area contributed by atoms with E-state index in [2.05, 4.69) is 41.0 Å². The van der Waals surface area contributed by atoms with Gasteiger partial charge in [0.2, 0.25) is 0 Å². The molecule has 2 aromatic rings. The molecule has 0 radical (unpaired) electrons. The molecule has 2 aromatic carbocycles. The third-order valence-corrected chi connectivity index (χ3v) is 5.50. The van der Waals surface area contributed by atoms with Crippen LogP contribution in [0.1, 0.15) is 22.3 Å².